The molecular weight excluding hydrogens is 268 g/mol. The predicted octanol–water partition coefficient (Wildman–Crippen LogP) is -0.198. The van der Waals surface area contributed by atoms with Crippen molar-refractivity contribution in [2.24, 2.45) is 0 Å². The highest BCUT2D eigenvalue weighted by Gasteiger charge is 2.31. The molecule has 1 heterocycles. The summed E-state index contributed by atoms with van der Waals surface area (Å²) in [5.41, 5.74) is 0.405. The first-order chi connectivity index (χ1) is 8.95. The first kappa shape index (κ1) is 14.0. The van der Waals surface area contributed by atoms with Crippen molar-refractivity contribution < 1.29 is 18.3 Å². The smallest absolute Gasteiger partial charge is 0.251 e. The van der Waals surface area contributed by atoms with Crippen molar-refractivity contribution in [2.45, 2.75) is 17.4 Å². The summed E-state index contributed by atoms with van der Waals surface area (Å²) in [6, 6.07) is 5.76. The molecule has 1 amide bonds. The van der Waals surface area contributed by atoms with E-state index in [1.165, 1.54) is 35.6 Å². The molecule has 1 saturated heterocycles. The van der Waals surface area contributed by atoms with E-state index in [-0.39, 0.29) is 17.3 Å². The Kier molecular flexibility index (Phi) is 3.88. The fourth-order valence-corrected chi connectivity index (χ4v) is 3.49. The van der Waals surface area contributed by atoms with Gasteiger partial charge in [0, 0.05) is 25.7 Å². The number of nitrogens with one attached hydrogen (secondary N) is 1. The van der Waals surface area contributed by atoms with Gasteiger partial charge in [-0.3, -0.25) is 4.79 Å². The number of nitrogens with zero attached hydrogens (tertiary/aromatic N) is 1. The summed E-state index contributed by atoms with van der Waals surface area (Å²) in [5.74, 6) is -0.263. The van der Waals surface area contributed by atoms with Crippen molar-refractivity contribution >= 4 is 15.9 Å². The van der Waals surface area contributed by atoms with Gasteiger partial charge in [0.2, 0.25) is 10.0 Å². The van der Waals surface area contributed by atoms with Crippen molar-refractivity contribution in [3.05, 3.63) is 29.8 Å². The molecule has 0 aliphatic carbocycles. The van der Waals surface area contributed by atoms with Gasteiger partial charge < -0.3 is 10.4 Å². The molecule has 7 heteroatoms. The number of aliphatic hydroxyl groups excluding tert-OH is 1. The maximum absolute atomic E-state index is 12.2. The molecule has 2 rings (SSSR count). The number of benzene rings is 1. The molecule has 0 bridgehead atoms. The number of amides is 1. The molecule has 1 atom stereocenters. The lowest BCUT2D eigenvalue weighted by Crippen LogP contribution is -2.29. The van der Waals surface area contributed by atoms with Gasteiger partial charge in [-0.15, -0.1) is 0 Å². The van der Waals surface area contributed by atoms with E-state index in [0.29, 0.717) is 18.5 Å². The number of hydrogen-bond donors (Lipinski definition) is 2. The molecule has 1 aliphatic rings. The highest BCUT2D eigenvalue weighted by atomic mass is 32.2. The van der Waals surface area contributed by atoms with Crippen LogP contribution in [-0.2, 0) is 10.0 Å². The van der Waals surface area contributed by atoms with Crippen molar-refractivity contribution in [1.82, 2.24) is 9.62 Å². The quantitative estimate of drug-likeness (QED) is 0.805. The lowest BCUT2D eigenvalue weighted by Gasteiger charge is -2.15. The topological polar surface area (TPSA) is 86.7 Å². The van der Waals surface area contributed by atoms with Crippen molar-refractivity contribution in [3.63, 3.8) is 0 Å². The standard InChI is InChI=1S/C12H16N2O4S/c1-13-12(16)9-2-4-11(5-3-9)19(17,18)14-7-6-10(15)8-14/h2-5,10,15H,6-8H2,1H3,(H,13,16). The number of carbonyl (C=O) groups excluding carboxylic acids is 1. The number of β-amino-alcohol motifs (C(OH)–C–C–N with tert-alkyl or cyclic N) is 1. The zero-order chi connectivity index (χ0) is 14.0. The average molecular weight is 284 g/mol. The van der Waals surface area contributed by atoms with Gasteiger partial charge in [0.15, 0.2) is 0 Å². The second kappa shape index (κ2) is 5.28. The third kappa shape index (κ3) is 2.78. The van der Waals surface area contributed by atoms with Gasteiger partial charge in [-0.05, 0) is 30.7 Å². The van der Waals surface area contributed by atoms with Crippen LogP contribution < -0.4 is 5.32 Å². The summed E-state index contributed by atoms with van der Waals surface area (Å²) in [6.45, 7) is 0.445. The maximum atomic E-state index is 12.2. The highest BCUT2D eigenvalue weighted by molar-refractivity contribution is 7.89. The van der Waals surface area contributed by atoms with Gasteiger partial charge in [-0.2, -0.15) is 4.31 Å². The van der Waals surface area contributed by atoms with Crippen LogP contribution in [0.4, 0.5) is 0 Å². The fraction of sp³-hybridized carbons (Fsp3) is 0.417. The fourth-order valence-electron chi connectivity index (χ4n) is 2.00. The number of sulfonamides is 1. The molecule has 1 aromatic carbocycles. The van der Waals surface area contributed by atoms with Crippen LogP contribution in [0, 0.1) is 0 Å². The Hall–Kier alpha value is -1.44. The minimum atomic E-state index is -3.58. The Morgan fingerprint density at radius 3 is 2.47 bits per heavy atom. The van der Waals surface area contributed by atoms with Crippen LogP contribution in [0.15, 0.2) is 29.2 Å². The van der Waals surface area contributed by atoms with E-state index in [2.05, 4.69) is 5.32 Å². The molecule has 1 fully saturated rings. The van der Waals surface area contributed by atoms with Gasteiger partial charge >= 0.3 is 0 Å². The molecule has 0 spiro atoms. The van der Waals surface area contributed by atoms with Crippen molar-refractivity contribution in [3.8, 4) is 0 Å². The van der Waals surface area contributed by atoms with E-state index >= 15 is 0 Å². The van der Waals surface area contributed by atoms with E-state index in [4.69, 9.17) is 0 Å². The van der Waals surface area contributed by atoms with Crippen molar-refractivity contribution in [2.75, 3.05) is 20.1 Å². The molecule has 19 heavy (non-hydrogen) atoms. The van der Waals surface area contributed by atoms with E-state index in [0.717, 1.165) is 0 Å². The number of hydrogen-bond acceptors (Lipinski definition) is 4. The van der Waals surface area contributed by atoms with Crippen LogP contribution in [0.25, 0.3) is 0 Å². The van der Waals surface area contributed by atoms with Crippen LogP contribution >= 0.6 is 0 Å². The monoisotopic (exact) mass is 284 g/mol. The molecule has 1 aromatic rings. The third-order valence-corrected chi connectivity index (χ3v) is 4.99. The minimum absolute atomic E-state index is 0.125. The predicted molar refractivity (Wildman–Crippen MR) is 69.2 cm³/mol. The largest absolute Gasteiger partial charge is 0.392 e. The van der Waals surface area contributed by atoms with Crippen LogP contribution in [0.1, 0.15) is 16.8 Å². The van der Waals surface area contributed by atoms with Gasteiger partial charge in [0.1, 0.15) is 0 Å². The zero-order valence-electron chi connectivity index (χ0n) is 10.5. The van der Waals surface area contributed by atoms with Crippen LogP contribution in [-0.4, -0.2) is 50.0 Å². The molecule has 6 nitrogen and oxygen atoms in total. The number of carbonyl (C=O) groups is 1. The second-order valence-corrected chi connectivity index (χ2v) is 6.35. The maximum Gasteiger partial charge on any atom is 0.251 e. The molecule has 0 saturated carbocycles. The van der Waals surface area contributed by atoms with Gasteiger partial charge in [-0.25, -0.2) is 8.42 Å². The van der Waals surface area contributed by atoms with E-state index in [1.54, 1.807) is 0 Å². The molecular formula is C12H16N2O4S. The Balaban J connectivity index is 2.24. The summed E-state index contributed by atoms with van der Waals surface area (Å²) in [4.78, 5) is 11.5. The normalized spacial score (nSPS) is 20.4. The van der Waals surface area contributed by atoms with Crippen molar-refractivity contribution in [1.29, 1.82) is 0 Å². The second-order valence-electron chi connectivity index (χ2n) is 4.41. The summed E-state index contributed by atoms with van der Waals surface area (Å²) in [5, 5.41) is 11.9. The molecule has 1 aliphatic heterocycles. The van der Waals surface area contributed by atoms with E-state index in [9.17, 15) is 18.3 Å². The Morgan fingerprint density at radius 1 is 1.37 bits per heavy atom. The van der Waals surface area contributed by atoms with Gasteiger partial charge in [0.25, 0.3) is 5.91 Å². The lowest BCUT2D eigenvalue weighted by atomic mass is 10.2. The summed E-state index contributed by atoms with van der Waals surface area (Å²) >= 11 is 0. The first-order valence-corrected chi connectivity index (χ1v) is 7.39. The molecule has 104 valence electrons. The average Bonchev–Trinajstić information content (AvgIpc) is 2.85. The van der Waals surface area contributed by atoms with Crippen LogP contribution in [0.2, 0.25) is 0 Å². The SMILES string of the molecule is CNC(=O)c1ccc(S(=O)(=O)N2CCC(O)C2)cc1. The Morgan fingerprint density at radius 2 is 2.00 bits per heavy atom. The third-order valence-electron chi connectivity index (χ3n) is 3.11. The molecule has 1 unspecified atom stereocenters. The zero-order valence-corrected chi connectivity index (χ0v) is 11.4. The molecule has 2 N–H and O–H groups in total. The van der Waals surface area contributed by atoms with Crippen LogP contribution in [0.3, 0.4) is 0 Å². The Labute approximate surface area is 112 Å². The lowest BCUT2D eigenvalue weighted by molar-refractivity contribution is 0.0963. The molecule has 0 aromatic heterocycles. The highest BCUT2D eigenvalue weighted by Crippen LogP contribution is 2.21. The molecule has 0 radical (unpaired) electrons. The number of rotatable bonds is 3. The van der Waals surface area contributed by atoms with E-state index < -0.39 is 16.1 Å². The summed E-state index contributed by atoms with van der Waals surface area (Å²) in [7, 11) is -2.07. The summed E-state index contributed by atoms with van der Waals surface area (Å²) in [6.07, 6.45) is -0.143. The first-order valence-electron chi connectivity index (χ1n) is 5.95. The van der Waals surface area contributed by atoms with E-state index in [1.807, 2.05) is 0 Å². The van der Waals surface area contributed by atoms with Gasteiger partial charge in [-0.1, -0.05) is 0 Å². The van der Waals surface area contributed by atoms with Gasteiger partial charge in [0.05, 0.1) is 11.0 Å². The minimum Gasteiger partial charge on any atom is -0.392 e. The van der Waals surface area contributed by atoms with Crippen LogP contribution in [0.5, 0.6) is 0 Å². The number of aliphatic hydroxyl groups is 1. The Bertz CT molecular complexity index is 568. The summed E-state index contributed by atoms with van der Waals surface area (Å²) < 4.78 is 25.7.